The van der Waals surface area contributed by atoms with Gasteiger partial charge in [-0.15, -0.1) is 0 Å². The van der Waals surface area contributed by atoms with Crippen molar-refractivity contribution in [3.8, 4) is 0 Å². The van der Waals surface area contributed by atoms with Gasteiger partial charge >= 0.3 is 6.03 Å². The lowest BCUT2D eigenvalue weighted by atomic mass is 9.87. The predicted octanol–water partition coefficient (Wildman–Crippen LogP) is 2.91. The summed E-state index contributed by atoms with van der Waals surface area (Å²) in [7, 11) is 0. The lowest BCUT2D eigenvalue weighted by molar-refractivity contribution is 0.228. The van der Waals surface area contributed by atoms with Gasteiger partial charge in [0.15, 0.2) is 0 Å². The summed E-state index contributed by atoms with van der Waals surface area (Å²) in [6.07, 6.45) is 5.82. The van der Waals surface area contributed by atoms with E-state index >= 15 is 0 Å². The maximum Gasteiger partial charge on any atom is 0.315 e. The van der Waals surface area contributed by atoms with Gasteiger partial charge in [-0.25, -0.2) is 4.79 Å². The summed E-state index contributed by atoms with van der Waals surface area (Å²) in [6.45, 7) is 7.41. The molecule has 1 fully saturated rings. The summed E-state index contributed by atoms with van der Waals surface area (Å²) in [5.74, 6) is 1.48. The van der Waals surface area contributed by atoms with Crippen molar-refractivity contribution in [2.24, 2.45) is 11.8 Å². The molecule has 0 aliphatic heterocycles. The maximum atomic E-state index is 11.6. The van der Waals surface area contributed by atoms with E-state index in [-0.39, 0.29) is 6.03 Å². The molecule has 0 aromatic rings. The molecular weight excluding hydrogens is 200 g/mol. The van der Waals surface area contributed by atoms with Crippen LogP contribution in [0.2, 0.25) is 0 Å². The highest BCUT2D eigenvalue weighted by Crippen LogP contribution is 2.23. The standard InChI is InChI=1S/C13H26N2O/c1-10(2)8-9-14-13(16)15-12-6-4-11(3)5-7-12/h10-12H,4-9H2,1-3H3,(H2,14,15,16). The van der Waals surface area contributed by atoms with E-state index in [0.717, 1.165) is 31.7 Å². The van der Waals surface area contributed by atoms with E-state index in [1.54, 1.807) is 0 Å². The highest BCUT2D eigenvalue weighted by molar-refractivity contribution is 5.74. The molecule has 0 unspecified atom stereocenters. The van der Waals surface area contributed by atoms with Crippen LogP contribution < -0.4 is 10.6 Å². The number of carbonyl (C=O) groups excluding carboxylic acids is 1. The van der Waals surface area contributed by atoms with Gasteiger partial charge in [0.25, 0.3) is 0 Å². The molecule has 0 bridgehead atoms. The van der Waals surface area contributed by atoms with Crippen LogP contribution in [-0.2, 0) is 0 Å². The minimum atomic E-state index is 0.0141. The molecule has 2 amide bonds. The second-order valence-corrected chi connectivity index (χ2v) is 5.54. The van der Waals surface area contributed by atoms with Crippen LogP contribution in [0, 0.1) is 11.8 Å². The van der Waals surface area contributed by atoms with Gasteiger partial charge in [-0.3, -0.25) is 0 Å². The zero-order valence-electron chi connectivity index (χ0n) is 10.9. The summed E-state index contributed by atoms with van der Waals surface area (Å²) < 4.78 is 0. The molecule has 1 saturated carbocycles. The van der Waals surface area contributed by atoms with Gasteiger partial charge in [0.1, 0.15) is 0 Å². The van der Waals surface area contributed by atoms with E-state index in [2.05, 4.69) is 31.4 Å². The van der Waals surface area contributed by atoms with Crippen molar-refractivity contribution in [3.05, 3.63) is 0 Å². The van der Waals surface area contributed by atoms with Crippen LogP contribution in [0.3, 0.4) is 0 Å². The summed E-state index contributed by atoms with van der Waals surface area (Å²) in [5, 5.41) is 5.99. The Morgan fingerprint density at radius 3 is 2.44 bits per heavy atom. The third-order valence-corrected chi connectivity index (χ3v) is 3.36. The Morgan fingerprint density at radius 1 is 1.25 bits per heavy atom. The molecule has 1 rings (SSSR count). The number of rotatable bonds is 4. The molecule has 16 heavy (non-hydrogen) atoms. The van der Waals surface area contributed by atoms with Crippen LogP contribution in [0.1, 0.15) is 52.9 Å². The van der Waals surface area contributed by atoms with Gasteiger partial charge in [0.2, 0.25) is 0 Å². The Bertz CT molecular complexity index is 208. The van der Waals surface area contributed by atoms with Crippen LogP contribution in [0.15, 0.2) is 0 Å². The van der Waals surface area contributed by atoms with E-state index in [9.17, 15) is 4.79 Å². The molecule has 1 aliphatic rings. The number of nitrogens with one attached hydrogen (secondary N) is 2. The number of urea groups is 1. The van der Waals surface area contributed by atoms with E-state index in [4.69, 9.17) is 0 Å². The first-order chi connectivity index (χ1) is 7.58. The third-order valence-electron chi connectivity index (χ3n) is 3.36. The first-order valence-electron chi connectivity index (χ1n) is 6.62. The van der Waals surface area contributed by atoms with Crippen LogP contribution in [0.4, 0.5) is 4.79 Å². The lowest BCUT2D eigenvalue weighted by Crippen LogP contribution is -2.43. The van der Waals surface area contributed by atoms with Gasteiger partial charge in [-0.2, -0.15) is 0 Å². The van der Waals surface area contributed by atoms with E-state index in [0.29, 0.717) is 12.0 Å². The Morgan fingerprint density at radius 2 is 1.88 bits per heavy atom. The number of amides is 2. The molecular formula is C13H26N2O. The normalized spacial score (nSPS) is 25.5. The molecule has 3 nitrogen and oxygen atoms in total. The van der Waals surface area contributed by atoms with Gasteiger partial charge < -0.3 is 10.6 Å². The molecule has 0 atom stereocenters. The minimum absolute atomic E-state index is 0.0141. The second-order valence-electron chi connectivity index (χ2n) is 5.54. The van der Waals surface area contributed by atoms with Crippen molar-refractivity contribution in [1.29, 1.82) is 0 Å². The van der Waals surface area contributed by atoms with Crippen molar-refractivity contribution in [2.45, 2.75) is 58.9 Å². The van der Waals surface area contributed by atoms with Crippen LogP contribution >= 0.6 is 0 Å². The summed E-state index contributed by atoms with van der Waals surface area (Å²) in [5.41, 5.74) is 0. The zero-order chi connectivity index (χ0) is 12.0. The van der Waals surface area contributed by atoms with Gasteiger partial charge in [0.05, 0.1) is 0 Å². The average Bonchev–Trinajstić information content (AvgIpc) is 2.21. The van der Waals surface area contributed by atoms with E-state index in [1.807, 2.05) is 0 Å². The molecule has 3 heteroatoms. The fourth-order valence-corrected chi connectivity index (χ4v) is 2.12. The summed E-state index contributed by atoms with van der Waals surface area (Å²) in [6, 6.07) is 0.412. The highest BCUT2D eigenvalue weighted by Gasteiger charge is 2.19. The number of carbonyl (C=O) groups is 1. The minimum Gasteiger partial charge on any atom is -0.338 e. The van der Waals surface area contributed by atoms with Crippen LogP contribution in [-0.4, -0.2) is 18.6 Å². The highest BCUT2D eigenvalue weighted by atomic mass is 16.2. The molecule has 0 heterocycles. The topological polar surface area (TPSA) is 41.1 Å². The third kappa shape index (κ3) is 5.38. The lowest BCUT2D eigenvalue weighted by Gasteiger charge is -2.26. The van der Waals surface area contributed by atoms with Crippen molar-refractivity contribution in [3.63, 3.8) is 0 Å². The number of hydrogen-bond donors (Lipinski definition) is 2. The molecule has 2 N–H and O–H groups in total. The van der Waals surface area contributed by atoms with Gasteiger partial charge in [0, 0.05) is 12.6 Å². The van der Waals surface area contributed by atoms with E-state index < -0.39 is 0 Å². The zero-order valence-corrected chi connectivity index (χ0v) is 10.9. The fourth-order valence-electron chi connectivity index (χ4n) is 2.12. The smallest absolute Gasteiger partial charge is 0.315 e. The first-order valence-corrected chi connectivity index (χ1v) is 6.62. The average molecular weight is 226 g/mol. The molecule has 0 radical (unpaired) electrons. The largest absolute Gasteiger partial charge is 0.338 e. The van der Waals surface area contributed by atoms with Crippen molar-refractivity contribution in [1.82, 2.24) is 10.6 Å². The van der Waals surface area contributed by atoms with Crippen molar-refractivity contribution in [2.75, 3.05) is 6.54 Å². The second kappa shape index (κ2) is 6.77. The Kier molecular flexibility index (Phi) is 5.64. The summed E-state index contributed by atoms with van der Waals surface area (Å²) >= 11 is 0. The monoisotopic (exact) mass is 226 g/mol. The Balaban J connectivity index is 2.09. The van der Waals surface area contributed by atoms with Gasteiger partial charge in [-0.05, 0) is 43.9 Å². The molecule has 94 valence electrons. The van der Waals surface area contributed by atoms with Crippen molar-refractivity contribution < 1.29 is 4.79 Å². The van der Waals surface area contributed by atoms with Gasteiger partial charge in [-0.1, -0.05) is 20.8 Å². The first kappa shape index (κ1) is 13.3. The predicted molar refractivity (Wildman–Crippen MR) is 67.4 cm³/mol. The Labute approximate surface area is 99.4 Å². The summed E-state index contributed by atoms with van der Waals surface area (Å²) in [4.78, 5) is 11.6. The van der Waals surface area contributed by atoms with Crippen LogP contribution in [0.25, 0.3) is 0 Å². The van der Waals surface area contributed by atoms with E-state index in [1.165, 1.54) is 12.8 Å². The molecule has 0 aromatic carbocycles. The number of hydrogen-bond acceptors (Lipinski definition) is 1. The SMILES string of the molecule is CC(C)CCNC(=O)NC1CCC(C)CC1. The van der Waals surface area contributed by atoms with Crippen molar-refractivity contribution >= 4 is 6.03 Å². The molecule has 0 aromatic heterocycles. The maximum absolute atomic E-state index is 11.6. The fraction of sp³-hybridized carbons (Fsp3) is 0.923. The molecule has 0 spiro atoms. The molecule has 1 aliphatic carbocycles. The van der Waals surface area contributed by atoms with Crippen LogP contribution in [0.5, 0.6) is 0 Å². The quantitative estimate of drug-likeness (QED) is 0.760. The molecule has 0 saturated heterocycles. The Hall–Kier alpha value is -0.730.